The summed E-state index contributed by atoms with van der Waals surface area (Å²) in [6.45, 7) is 7.78. The highest BCUT2D eigenvalue weighted by molar-refractivity contribution is 5.85. The molecule has 2 aliphatic rings. The zero-order chi connectivity index (χ0) is 59.4. The Balaban J connectivity index is 0.000000164. The molecule has 2 fully saturated rings. The zero-order valence-electron chi connectivity index (χ0n) is 48.9. The van der Waals surface area contributed by atoms with Crippen LogP contribution in [0, 0.1) is 0 Å². The molecule has 0 aliphatic carbocycles. The molecule has 0 atom stereocenters. The first-order valence-electron chi connectivity index (χ1n) is 29.5. The minimum Gasteiger partial charge on any atom is -0.497 e. The Morgan fingerprint density at radius 3 is 1.07 bits per heavy atom. The average molecular weight is 1180 g/mol. The van der Waals surface area contributed by atoms with E-state index in [1.165, 1.54) is 37.1 Å². The van der Waals surface area contributed by atoms with Crippen molar-refractivity contribution in [2.75, 3.05) is 103 Å². The number of pyridine rings is 4. The maximum Gasteiger partial charge on any atom is 0.157 e. The summed E-state index contributed by atoms with van der Waals surface area (Å²) in [7, 11) is 3.27. The number of nitrogens with one attached hydrogen (secondary N) is 4. The van der Waals surface area contributed by atoms with E-state index < -0.39 is 0 Å². The van der Waals surface area contributed by atoms with E-state index in [0.717, 1.165) is 105 Å². The lowest BCUT2D eigenvalue weighted by Gasteiger charge is -2.17. The maximum absolute atomic E-state index is 5.85. The predicted molar refractivity (Wildman–Crippen MR) is 337 cm³/mol. The number of hydrogen-bond acceptors (Lipinski definition) is 18. The van der Waals surface area contributed by atoms with E-state index in [9.17, 15) is 0 Å². The number of methoxy groups -OCH3 is 2. The number of aromatic nitrogens is 12. The average Bonchev–Trinajstić information content (AvgIpc) is 3.84. The molecule has 22 nitrogen and oxygen atoms in total. The van der Waals surface area contributed by atoms with Crippen molar-refractivity contribution in [3.63, 3.8) is 0 Å². The Bertz CT molecular complexity index is 4000. The van der Waals surface area contributed by atoms with Gasteiger partial charge in [-0.2, -0.15) is 0 Å². The SMILES string of the molecule is COc1ccc2nc(-c3cc(OCCOCCOc4ccnc(-c5nc6ccc(OC)cc6[nH]5)c4)ccn3)[nH]c2c1.c1cc(-c2nc3ccc(N4CCCC4)cc3[nH]2)ncc1OCCOCCOc1ccc(-c2nc3ccc(N4CCCC4)cc3[nH]2)nc1. The number of ether oxygens (including phenoxy) is 8. The van der Waals surface area contributed by atoms with Gasteiger partial charge in [0.25, 0.3) is 0 Å². The molecule has 14 rings (SSSR count). The van der Waals surface area contributed by atoms with Crippen LogP contribution in [0.1, 0.15) is 25.7 Å². The molecular formula is C66H66N14O8. The molecule has 8 aromatic heterocycles. The largest absolute Gasteiger partial charge is 0.497 e. The number of imidazole rings is 4. The first kappa shape index (κ1) is 56.8. The van der Waals surface area contributed by atoms with Crippen molar-refractivity contribution in [3.05, 3.63) is 146 Å². The molecule has 12 aromatic rings. The first-order chi connectivity index (χ1) is 43.4. The summed E-state index contributed by atoms with van der Waals surface area (Å²) < 4.78 is 45.3. The Morgan fingerprint density at radius 1 is 0.341 bits per heavy atom. The number of H-pyrrole nitrogens is 4. The lowest BCUT2D eigenvalue weighted by molar-refractivity contribution is 0.0762. The summed E-state index contributed by atoms with van der Waals surface area (Å²) in [4.78, 5) is 54.9. The summed E-state index contributed by atoms with van der Waals surface area (Å²) in [6, 6.07) is 39.1. The number of nitrogens with zero attached hydrogens (tertiary/aromatic N) is 10. The van der Waals surface area contributed by atoms with Gasteiger partial charge in [0, 0.05) is 74.2 Å². The third kappa shape index (κ3) is 13.7. The number of rotatable bonds is 24. The van der Waals surface area contributed by atoms with E-state index in [0.29, 0.717) is 98.9 Å². The van der Waals surface area contributed by atoms with Crippen molar-refractivity contribution in [1.82, 2.24) is 59.8 Å². The van der Waals surface area contributed by atoms with Crippen molar-refractivity contribution in [1.29, 1.82) is 0 Å². The van der Waals surface area contributed by atoms with Crippen LogP contribution >= 0.6 is 0 Å². The van der Waals surface area contributed by atoms with Crippen molar-refractivity contribution >= 4 is 55.5 Å². The van der Waals surface area contributed by atoms with Crippen LogP contribution in [0.4, 0.5) is 11.4 Å². The standard InChI is InChI=1S/C36H38N8O3.C30H28N6O5/c1-2-14-43(13-1)25-5-9-29-33(21-25)41-35(39-29)31-11-7-27(23-37-31)46-19-17-45-18-20-47-28-8-12-32(38-24-28)36-40-30-10-6-26(22-34(30)42-36)44-15-3-4-16-44;1-37-19-3-5-23-25(15-19)35-29(33-23)27-17-21(7-9-31-27)40-13-11-39-12-14-41-22-8-10-32-28(18-22)30-34-24-6-4-20(38-2)16-26(24)36-30/h5-12,21-24H,1-4,13-20H2,(H,39,41)(H,40,42);3-10,15-18H,11-14H2,1-2H3,(H,33,35)(H,34,36). The molecule has 0 spiro atoms. The fourth-order valence-corrected chi connectivity index (χ4v) is 10.6. The van der Waals surface area contributed by atoms with Gasteiger partial charge in [-0.25, -0.2) is 29.9 Å². The second kappa shape index (κ2) is 26.9. The van der Waals surface area contributed by atoms with E-state index in [-0.39, 0.29) is 0 Å². The van der Waals surface area contributed by atoms with Crippen molar-refractivity contribution in [2.24, 2.45) is 0 Å². The van der Waals surface area contributed by atoms with E-state index >= 15 is 0 Å². The van der Waals surface area contributed by atoms with Crippen molar-refractivity contribution in [3.8, 4) is 80.6 Å². The number of anilines is 2. The molecule has 4 N–H and O–H groups in total. The molecular weight excluding hydrogens is 1120 g/mol. The summed E-state index contributed by atoms with van der Waals surface area (Å²) in [5, 5.41) is 0. The molecule has 88 heavy (non-hydrogen) atoms. The van der Waals surface area contributed by atoms with Crippen LogP contribution < -0.4 is 38.2 Å². The van der Waals surface area contributed by atoms with Crippen LogP contribution in [-0.4, -0.2) is 153 Å². The minimum atomic E-state index is 0.386. The van der Waals surface area contributed by atoms with Gasteiger partial charge in [-0.05, 0) is 123 Å². The van der Waals surface area contributed by atoms with Gasteiger partial charge in [-0.1, -0.05) is 0 Å². The van der Waals surface area contributed by atoms with Gasteiger partial charge >= 0.3 is 0 Å². The second-order valence-corrected chi connectivity index (χ2v) is 21.0. The Kier molecular flexibility index (Phi) is 17.4. The topological polar surface area (TPSA) is 247 Å². The normalized spacial score (nSPS) is 13.2. The lowest BCUT2D eigenvalue weighted by atomic mass is 10.2. The monoisotopic (exact) mass is 1180 g/mol. The molecule has 2 aliphatic heterocycles. The summed E-state index contributed by atoms with van der Waals surface area (Å²) in [6.07, 6.45) is 11.8. The molecule has 0 radical (unpaired) electrons. The number of hydrogen-bond donors (Lipinski definition) is 4. The van der Waals surface area contributed by atoms with Crippen LogP contribution in [0.15, 0.2) is 146 Å². The fraction of sp³-hybridized carbons (Fsp3) is 0.273. The van der Waals surface area contributed by atoms with E-state index in [4.69, 9.17) is 47.9 Å². The van der Waals surface area contributed by atoms with E-state index in [1.807, 2.05) is 72.8 Å². The zero-order valence-corrected chi connectivity index (χ0v) is 48.9. The summed E-state index contributed by atoms with van der Waals surface area (Å²) in [5.41, 5.74) is 12.8. The molecule has 0 unspecified atom stereocenters. The number of aromatic amines is 4. The van der Waals surface area contributed by atoms with Crippen molar-refractivity contribution in [2.45, 2.75) is 25.7 Å². The molecule has 0 saturated carbocycles. The van der Waals surface area contributed by atoms with Crippen LogP contribution in [0.5, 0.6) is 34.5 Å². The van der Waals surface area contributed by atoms with Gasteiger partial charge in [0.2, 0.25) is 0 Å². The summed E-state index contributed by atoms with van der Waals surface area (Å²) in [5.74, 6) is 7.07. The van der Waals surface area contributed by atoms with Crippen LogP contribution in [-0.2, 0) is 9.47 Å². The van der Waals surface area contributed by atoms with Gasteiger partial charge in [0.05, 0.1) is 97.2 Å². The maximum atomic E-state index is 5.85. The highest BCUT2D eigenvalue weighted by atomic mass is 16.6. The minimum absolute atomic E-state index is 0.386. The highest BCUT2D eigenvalue weighted by Crippen LogP contribution is 2.31. The fourth-order valence-electron chi connectivity index (χ4n) is 10.6. The quantitative estimate of drug-likeness (QED) is 0.0411. The van der Waals surface area contributed by atoms with Crippen LogP contribution in [0.3, 0.4) is 0 Å². The molecule has 22 heteroatoms. The van der Waals surface area contributed by atoms with Crippen LogP contribution in [0.2, 0.25) is 0 Å². The van der Waals surface area contributed by atoms with Crippen molar-refractivity contribution < 1.29 is 37.9 Å². The van der Waals surface area contributed by atoms with Gasteiger partial charge in [-0.3, -0.25) is 9.97 Å². The molecule has 448 valence electrons. The van der Waals surface area contributed by atoms with E-state index in [2.05, 4.69) is 96.0 Å². The van der Waals surface area contributed by atoms with Gasteiger partial charge < -0.3 is 67.6 Å². The summed E-state index contributed by atoms with van der Waals surface area (Å²) >= 11 is 0. The molecule has 0 bridgehead atoms. The smallest absolute Gasteiger partial charge is 0.157 e. The van der Waals surface area contributed by atoms with Gasteiger partial charge in [0.1, 0.15) is 83.7 Å². The molecule has 0 amide bonds. The lowest BCUT2D eigenvalue weighted by Crippen LogP contribution is -2.17. The van der Waals surface area contributed by atoms with Gasteiger partial charge in [0.15, 0.2) is 23.3 Å². The van der Waals surface area contributed by atoms with Crippen LogP contribution in [0.25, 0.3) is 90.2 Å². The Labute approximate surface area is 506 Å². The number of fused-ring (bicyclic) bond motifs is 4. The first-order valence-corrected chi connectivity index (χ1v) is 29.5. The third-order valence-corrected chi connectivity index (χ3v) is 15.1. The second-order valence-electron chi connectivity index (χ2n) is 21.0. The van der Waals surface area contributed by atoms with E-state index in [1.54, 1.807) is 51.1 Å². The highest BCUT2D eigenvalue weighted by Gasteiger charge is 2.18. The molecule has 4 aromatic carbocycles. The van der Waals surface area contributed by atoms with Gasteiger partial charge in [-0.15, -0.1) is 0 Å². The Hall–Kier alpha value is -10.3. The Morgan fingerprint density at radius 2 is 0.693 bits per heavy atom. The third-order valence-electron chi connectivity index (χ3n) is 15.1. The molecule has 10 heterocycles. The molecule has 2 saturated heterocycles. The number of benzene rings is 4. The predicted octanol–water partition coefficient (Wildman–Crippen LogP) is 11.3.